The van der Waals surface area contributed by atoms with Crippen LogP contribution in [0.15, 0.2) is 4.52 Å². The summed E-state index contributed by atoms with van der Waals surface area (Å²) < 4.78 is 5.57. The highest BCUT2D eigenvalue weighted by Gasteiger charge is 2.29. The monoisotopic (exact) mass is 279 g/mol. The maximum atomic E-state index is 5.57. The first kappa shape index (κ1) is 15.5. The van der Waals surface area contributed by atoms with Crippen LogP contribution in [-0.2, 0) is 6.42 Å². The first-order valence-electron chi connectivity index (χ1n) is 8.41. The molecule has 1 aliphatic carbocycles. The van der Waals surface area contributed by atoms with Crippen LogP contribution in [0, 0.1) is 0 Å². The Hall–Kier alpha value is -0.900. The zero-order valence-corrected chi connectivity index (χ0v) is 13.0. The molecule has 0 spiro atoms. The van der Waals surface area contributed by atoms with Gasteiger partial charge in [0.15, 0.2) is 5.82 Å². The molecule has 0 amide bonds. The fourth-order valence-electron chi connectivity index (χ4n) is 3.03. The topological polar surface area (TPSA) is 51.0 Å². The molecule has 4 heteroatoms. The molecule has 1 fully saturated rings. The molecule has 0 saturated heterocycles. The van der Waals surface area contributed by atoms with E-state index < -0.39 is 0 Å². The third-order valence-corrected chi connectivity index (χ3v) is 4.23. The summed E-state index contributed by atoms with van der Waals surface area (Å²) in [5.74, 6) is 2.17. The lowest BCUT2D eigenvalue weighted by Crippen LogP contribution is -2.35. The summed E-state index contributed by atoms with van der Waals surface area (Å²) in [5.41, 5.74) is 0. The Labute approximate surface area is 122 Å². The molecule has 1 aromatic rings. The van der Waals surface area contributed by atoms with Gasteiger partial charge in [0.25, 0.3) is 0 Å². The molecule has 2 rings (SSSR count). The first-order valence-corrected chi connectivity index (χ1v) is 8.41. The van der Waals surface area contributed by atoms with Gasteiger partial charge in [-0.2, -0.15) is 4.98 Å². The van der Waals surface area contributed by atoms with Crippen LogP contribution in [0.2, 0.25) is 0 Å². The molecule has 0 aliphatic heterocycles. The third kappa shape index (κ3) is 4.30. The maximum Gasteiger partial charge on any atom is 0.231 e. The average molecular weight is 279 g/mol. The number of rotatable bonds is 7. The molecule has 114 valence electrons. The van der Waals surface area contributed by atoms with Gasteiger partial charge in [-0.25, -0.2) is 0 Å². The molecule has 1 saturated carbocycles. The lowest BCUT2D eigenvalue weighted by atomic mass is 9.94. The smallest absolute Gasteiger partial charge is 0.231 e. The van der Waals surface area contributed by atoms with Gasteiger partial charge in [0.1, 0.15) is 0 Å². The molecule has 0 radical (unpaired) electrons. The van der Waals surface area contributed by atoms with Gasteiger partial charge in [-0.3, -0.25) is 0 Å². The highest BCUT2D eigenvalue weighted by Crippen LogP contribution is 2.31. The lowest BCUT2D eigenvalue weighted by molar-refractivity contribution is 0.302. The van der Waals surface area contributed by atoms with E-state index in [0.717, 1.165) is 31.1 Å². The second-order valence-corrected chi connectivity index (χ2v) is 5.96. The van der Waals surface area contributed by atoms with Gasteiger partial charge in [0.05, 0.1) is 5.92 Å². The van der Waals surface area contributed by atoms with E-state index in [1.807, 2.05) is 0 Å². The van der Waals surface area contributed by atoms with Crippen LogP contribution in [0.5, 0.6) is 0 Å². The standard InChI is InChI=1S/C16H29N3O/c1-3-5-11-15-18-16(20-19-15)13-9-7-6-8-10-14(13)17-12-4-2/h13-14,17H,3-12H2,1-2H3. The number of unbranched alkanes of at least 4 members (excludes halogenated alkanes) is 1. The second kappa shape index (κ2) is 8.40. The van der Waals surface area contributed by atoms with Gasteiger partial charge in [-0.15, -0.1) is 0 Å². The van der Waals surface area contributed by atoms with E-state index >= 15 is 0 Å². The molecule has 20 heavy (non-hydrogen) atoms. The van der Waals surface area contributed by atoms with E-state index in [1.165, 1.54) is 44.9 Å². The van der Waals surface area contributed by atoms with Crippen molar-refractivity contribution in [3.63, 3.8) is 0 Å². The zero-order chi connectivity index (χ0) is 14.2. The van der Waals surface area contributed by atoms with Gasteiger partial charge >= 0.3 is 0 Å². The fourth-order valence-corrected chi connectivity index (χ4v) is 3.03. The minimum atomic E-state index is 0.409. The summed E-state index contributed by atoms with van der Waals surface area (Å²) >= 11 is 0. The Morgan fingerprint density at radius 2 is 2.00 bits per heavy atom. The van der Waals surface area contributed by atoms with E-state index in [9.17, 15) is 0 Å². The van der Waals surface area contributed by atoms with Crippen LogP contribution in [0.3, 0.4) is 0 Å². The fraction of sp³-hybridized carbons (Fsp3) is 0.875. The number of nitrogens with zero attached hydrogens (tertiary/aromatic N) is 2. The van der Waals surface area contributed by atoms with Gasteiger partial charge in [-0.1, -0.05) is 44.7 Å². The van der Waals surface area contributed by atoms with Crippen LogP contribution >= 0.6 is 0 Å². The lowest BCUT2D eigenvalue weighted by Gasteiger charge is -2.23. The molecule has 1 aromatic heterocycles. The molecule has 0 bridgehead atoms. The van der Waals surface area contributed by atoms with Crippen molar-refractivity contribution < 1.29 is 4.52 Å². The third-order valence-electron chi connectivity index (χ3n) is 4.23. The van der Waals surface area contributed by atoms with Crippen LogP contribution in [0.4, 0.5) is 0 Å². The van der Waals surface area contributed by atoms with Crippen LogP contribution in [0.25, 0.3) is 0 Å². The van der Waals surface area contributed by atoms with E-state index in [2.05, 4.69) is 29.3 Å². The van der Waals surface area contributed by atoms with Gasteiger partial charge in [0, 0.05) is 12.5 Å². The Kier molecular flexibility index (Phi) is 6.51. The van der Waals surface area contributed by atoms with Crippen molar-refractivity contribution in [1.82, 2.24) is 15.5 Å². The van der Waals surface area contributed by atoms with Crippen molar-refractivity contribution in [3.8, 4) is 0 Å². The number of aryl methyl sites for hydroxylation is 1. The molecule has 4 nitrogen and oxygen atoms in total. The van der Waals surface area contributed by atoms with Crippen molar-refractivity contribution in [2.75, 3.05) is 6.54 Å². The minimum absolute atomic E-state index is 0.409. The normalized spacial score (nSPS) is 23.7. The molecule has 1 aliphatic rings. The number of hydrogen-bond acceptors (Lipinski definition) is 4. The van der Waals surface area contributed by atoms with Gasteiger partial charge in [0.2, 0.25) is 5.89 Å². The van der Waals surface area contributed by atoms with Crippen LogP contribution in [-0.4, -0.2) is 22.7 Å². The van der Waals surface area contributed by atoms with E-state index in [1.54, 1.807) is 0 Å². The largest absolute Gasteiger partial charge is 0.339 e. The number of aromatic nitrogens is 2. The number of nitrogens with one attached hydrogen (secondary N) is 1. The summed E-state index contributed by atoms with van der Waals surface area (Å²) in [5, 5.41) is 7.84. The highest BCUT2D eigenvalue weighted by atomic mass is 16.5. The predicted molar refractivity (Wildman–Crippen MR) is 80.8 cm³/mol. The number of hydrogen-bond donors (Lipinski definition) is 1. The van der Waals surface area contributed by atoms with Crippen molar-refractivity contribution in [2.24, 2.45) is 0 Å². The van der Waals surface area contributed by atoms with Gasteiger partial charge in [-0.05, 0) is 32.2 Å². The van der Waals surface area contributed by atoms with E-state index in [-0.39, 0.29) is 0 Å². The molecule has 0 aromatic carbocycles. The first-order chi connectivity index (χ1) is 9.85. The predicted octanol–water partition coefficient (Wildman–Crippen LogP) is 3.83. The molecular weight excluding hydrogens is 250 g/mol. The minimum Gasteiger partial charge on any atom is -0.339 e. The van der Waals surface area contributed by atoms with E-state index in [0.29, 0.717) is 12.0 Å². The quantitative estimate of drug-likeness (QED) is 0.771. The van der Waals surface area contributed by atoms with Crippen LogP contribution in [0.1, 0.15) is 82.8 Å². The van der Waals surface area contributed by atoms with Crippen molar-refractivity contribution >= 4 is 0 Å². The second-order valence-electron chi connectivity index (χ2n) is 5.96. The highest BCUT2D eigenvalue weighted by molar-refractivity contribution is 5.00. The maximum absolute atomic E-state index is 5.57. The Morgan fingerprint density at radius 1 is 1.15 bits per heavy atom. The van der Waals surface area contributed by atoms with Crippen molar-refractivity contribution in [2.45, 2.75) is 83.6 Å². The summed E-state index contributed by atoms with van der Waals surface area (Å²) in [7, 11) is 0. The molecule has 2 unspecified atom stereocenters. The Morgan fingerprint density at radius 3 is 2.80 bits per heavy atom. The summed E-state index contributed by atoms with van der Waals surface area (Å²) in [6.07, 6.45) is 10.8. The molecule has 1 N–H and O–H groups in total. The van der Waals surface area contributed by atoms with Crippen molar-refractivity contribution in [3.05, 3.63) is 11.7 Å². The van der Waals surface area contributed by atoms with E-state index in [4.69, 9.17) is 4.52 Å². The van der Waals surface area contributed by atoms with Crippen molar-refractivity contribution in [1.29, 1.82) is 0 Å². The summed E-state index contributed by atoms with van der Waals surface area (Å²) in [6.45, 7) is 5.49. The Bertz CT molecular complexity index is 378. The summed E-state index contributed by atoms with van der Waals surface area (Å²) in [4.78, 5) is 4.65. The van der Waals surface area contributed by atoms with Crippen LogP contribution < -0.4 is 5.32 Å². The molecular formula is C16H29N3O. The SMILES string of the molecule is CCCCc1noc(C2CCCCCC2NCCC)n1. The Balaban J connectivity index is 2.02. The zero-order valence-electron chi connectivity index (χ0n) is 13.0. The van der Waals surface area contributed by atoms with Gasteiger partial charge < -0.3 is 9.84 Å². The average Bonchev–Trinajstić information content (AvgIpc) is 2.81. The molecule has 1 heterocycles. The molecule has 2 atom stereocenters. The summed E-state index contributed by atoms with van der Waals surface area (Å²) in [6, 6.07) is 0.511.